The number of carbonyl (C=O) groups is 2. The highest BCUT2D eigenvalue weighted by Gasteiger charge is 2.21. The van der Waals surface area contributed by atoms with Crippen molar-refractivity contribution in [3.05, 3.63) is 35.9 Å². The normalized spacial score (nSPS) is 12.3. The number of hydrogen-bond acceptors (Lipinski definition) is 6. The molecule has 0 saturated heterocycles. The Balaban J connectivity index is 2.50. The van der Waals surface area contributed by atoms with Gasteiger partial charge in [0.15, 0.2) is 0 Å². The van der Waals surface area contributed by atoms with Gasteiger partial charge >= 0.3 is 12.1 Å². The molecule has 140 valence electrons. The molecule has 1 aromatic carbocycles. The van der Waals surface area contributed by atoms with E-state index < -0.39 is 23.7 Å². The molecule has 0 heterocycles. The second kappa shape index (κ2) is 10.7. The number of ether oxygens (including phenoxy) is 2. The van der Waals surface area contributed by atoms with Gasteiger partial charge in [-0.3, -0.25) is 4.79 Å². The van der Waals surface area contributed by atoms with Crippen molar-refractivity contribution in [3.8, 4) is 0 Å². The first-order chi connectivity index (χ1) is 11.8. The van der Waals surface area contributed by atoms with Gasteiger partial charge in [0, 0.05) is 13.1 Å². The number of aliphatic hydroxyl groups is 1. The van der Waals surface area contributed by atoms with Crippen LogP contribution in [-0.4, -0.2) is 48.5 Å². The lowest BCUT2D eigenvalue weighted by atomic mass is 10.2. The molecule has 1 rings (SSSR count). The van der Waals surface area contributed by atoms with Crippen LogP contribution in [0, 0.1) is 0 Å². The summed E-state index contributed by atoms with van der Waals surface area (Å²) in [6, 6.07) is 8.87. The number of hydrogen-bond donors (Lipinski definition) is 3. The maximum absolute atomic E-state index is 12.0. The molecule has 25 heavy (non-hydrogen) atoms. The molecule has 1 atom stereocenters. The Morgan fingerprint density at radius 1 is 1.20 bits per heavy atom. The highest BCUT2D eigenvalue weighted by Crippen LogP contribution is 2.08. The fourth-order valence-corrected chi connectivity index (χ4v) is 2.00. The summed E-state index contributed by atoms with van der Waals surface area (Å²) >= 11 is 0. The van der Waals surface area contributed by atoms with E-state index in [9.17, 15) is 9.59 Å². The quantitative estimate of drug-likeness (QED) is 0.461. The van der Waals surface area contributed by atoms with E-state index >= 15 is 0 Å². The van der Waals surface area contributed by atoms with Gasteiger partial charge in [-0.25, -0.2) is 4.79 Å². The SMILES string of the molecule is CC(C)(C)OC(=O)N[C@H](CNCCO)CC(=O)OCc1ccccc1. The smallest absolute Gasteiger partial charge is 0.407 e. The lowest BCUT2D eigenvalue weighted by Gasteiger charge is -2.23. The standard InChI is InChI=1S/C18H28N2O5/c1-18(2,3)25-17(23)20-15(12-19-9-10-21)11-16(22)24-13-14-7-5-4-6-8-14/h4-8,15,19,21H,9-13H2,1-3H3,(H,20,23)/t15-/m0/s1. The molecular weight excluding hydrogens is 324 g/mol. The topological polar surface area (TPSA) is 96.9 Å². The Hall–Kier alpha value is -2.12. The van der Waals surface area contributed by atoms with Crippen molar-refractivity contribution >= 4 is 12.1 Å². The van der Waals surface area contributed by atoms with Crippen LogP contribution in [0.4, 0.5) is 4.79 Å². The van der Waals surface area contributed by atoms with Crippen molar-refractivity contribution in [1.29, 1.82) is 0 Å². The third-order valence-corrected chi connectivity index (χ3v) is 3.06. The summed E-state index contributed by atoms with van der Waals surface area (Å²) in [5.74, 6) is -0.421. The fraction of sp³-hybridized carbons (Fsp3) is 0.556. The average Bonchev–Trinajstić information content (AvgIpc) is 2.52. The Kier molecular flexibility index (Phi) is 8.94. The van der Waals surface area contributed by atoms with Crippen LogP contribution >= 0.6 is 0 Å². The summed E-state index contributed by atoms with van der Waals surface area (Å²) in [5.41, 5.74) is 0.270. The van der Waals surface area contributed by atoms with Gasteiger partial charge < -0.3 is 25.2 Å². The first kappa shape index (κ1) is 20.9. The molecule has 0 spiro atoms. The van der Waals surface area contributed by atoms with E-state index in [1.54, 1.807) is 20.8 Å². The summed E-state index contributed by atoms with van der Waals surface area (Å²) < 4.78 is 10.4. The van der Waals surface area contributed by atoms with Gasteiger partial charge in [0.1, 0.15) is 12.2 Å². The van der Waals surface area contributed by atoms with Gasteiger partial charge in [-0.15, -0.1) is 0 Å². The molecule has 0 aliphatic carbocycles. The maximum atomic E-state index is 12.0. The molecule has 1 amide bonds. The van der Waals surface area contributed by atoms with Gasteiger partial charge in [-0.05, 0) is 26.3 Å². The van der Waals surface area contributed by atoms with Crippen molar-refractivity contribution in [1.82, 2.24) is 10.6 Å². The monoisotopic (exact) mass is 352 g/mol. The van der Waals surface area contributed by atoms with Crippen molar-refractivity contribution in [2.75, 3.05) is 19.7 Å². The minimum absolute atomic E-state index is 0.00447. The number of benzene rings is 1. The van der Waals surface area contributed by atoms with Crippen molar-refractivity contribution < 1.29 is 24.2 Å². The largest absolute Gasteiger partial charge is 0.461 e. The number of aliphatic hydroxyl groups excluding tert-OH is 1. The number of alkyl carbamates (subject to hydrolysis) is 1. The van der Waals surface area contributed by atoms with Crippen LogP contribution < -0.4 is 10.6 Å². The lowest BCUT2D eigenvalue weighted by molar-refractivity contribution is -0.145. The molecule has 0 unspecified atom stereocenters. The van der Waals surface area contributed by atoms with Crippen molar-refractivity contribution in [3.63, 3.8) is 0 Å². The van der Waals surface area contributed by atoms with E-state index in [1.807, 2.05) is 30.3 Å². The predicted octanol–water partition coefficient (Wildman–Crippen LogP) is 1.60. The molecule has 3 N–H and O–H groups in total. The molecule has 0 aromatic heterocycles. The summed E-state index contributed by atoms with van der Waals surface area (Å²) in [6.45, 7) is 6.13. The summed E-state index contributed by atoms with van der Waals surface area (Å²) in [5, 5.41) is 14.4. The minimum Gasteiger partial charge on any atom is -0.461 e. The summed E-state index contributed by atoms with van der Waals surface area (Å²) in [7, 11) is 0. The third kappa shape index (κ3) is 10.4. The van der Waals surface area contributed by atoms with Crippen LogP contribution in [0.2, 0.25) is 0 Å². The minimum atomic E-state index is -0.624. The van der Waals surface area contributed by atoms with E-state index in [2.05, 4.69) is 10.6 Å². The molecule has 0 fully saturated rings. The number of nitrogens with one attached hydrogen (secondary N) is 2. The third-order valence-electron chi connectivity index (χ3n) is 3.06. The van der Waals surface area contributed by atoms with E-state index in [0.29, 0.717) is 13.1 Å². The second-order valence-corrected chi connectivity index (χ2v) is 6.62. The van der Waals surface area contributed by atoms with E-state index in [4.69, 9.17) is 14.6 Å². The zero-order valence-corrected chi connectivity index (χ0v) is 15.1. The molecule has 0 radical (unpaired) electrons. The van der Waals surface area contributed by atoms with Crippen molar-refractivity contribution in [2.45, 2.75) is 45.4 Å². The Morgan fingerprint density at radius 2 is 1.88 bits per heavy atom. The van der Waals surface area contributed by atoms with E-state index in [0.717, 1.165) is 5.56 Å². The Morgan fingerprint density at radius 3 is 2.48 bits per heavy atom. The van der Waals surface area contributed by atoms with Crippen LogP contribution in [0.25, 0.3) is 0 Å². The molecule has 1 aromatic rings. The van der Waals surface area contributed by atoms with Gasteiger partial charge in [-0.2, -0.15) is 0 Å². The molecule has 7 nitrogen and oxygen atoms in total. The van der Waals surface area contributed by atoms with E-state index in [1.165, 1.54) is 0 Å². The zero-order chi connectivity index (χ0) is 18.7. The second-order valence-electron chi connectivity index (χ2n) is 6.62. The molecular formula is C18H28N2O5. The number of carbonyl (C=O) groups excluding carboxylic acids is 2. The Bertz CT molecular complexity index is 528. The predicted molar refractivity (Wildman–Crippen MR) is 94.0 cm³/mol. The van der Waals surface area contributed by atoms with Crippen LogP contribution in [-0.2, 0) is 20.9 Å². The lowest BCUT2D eigenvalue weighted by Crippen LogP contribution is -2.46. The van der Waals surface area contributed by atoms with Gasteiger partial charge in [0.05, 0.1) is 19.1 Å². The summed E-state index contributed by atoms with van der Waals surface area (Å²) in [4.78, 5) is 23.9. The first-order valence-electron chi connectivity index (χ1n) is 8.31. The van der Waals surface area contributed by atoms with Gasteiger partial charge in [-0.1, -0.05) is 30.3 Å². The maximum Gasteiger partial charge on any atom is 0.407 e. The number of esters is 1. The molecule has 0 saturated carbocycles. The molecule has 0 bridgehead atoms. The zero-order valence-electron chi connectivity index (χ0n) is 15.1. The van der Waals surface area contributed by atoms with Crippen LogP contribution in [0.5, 0.6) is 0 Å². The summed E-state index contributed by atoms with van der Waals surface area (Å²) in [6.07, 6.45) is -0.594. The average molecular weight is 352 g/mol. The highest BCUT2D eigenvalue weighted by molar-refractivity contribution is 5.73. The van der Waals surface area contributed by atoms with Crippen LogP contribution in [0.3, 0.4) is 0 Å². The fourth-order valence-electron chi connectivity index (χ4n) is 2.00. The highest BCUT2D eigenvalue weighted by atomic mass is 16.6. The van der Waals surface area contributed by atoms with Gasteiger partial charge in [0.25, 0.3) is 0 Å². The van der Waals surface area contributed by atoms with Crippen molar-refractivity contribution in [2.24, 2.45) is 0 Å². The Labute approximate surface area is 148 Å². The first-order valence-corrected chi connectivity index (χ1v) is 8.31. The van der Waals surface area contributed by atoms with Gasteiger partial charge in [0.2, 0.25) is 0 Å². The van der Waals surface area contributed by atoms with E-state index in [-0.39, 0.29) is 19.6 Å². The number of amides is 1. The number of rotatable bonds is 9. The van der Waals surface area contributed by atoms with Crippen LogP contribution in [0.15, 0.2) is 30.3 Å². The molecule has 7 heteroatoms. The molecule has 0 aliphatic heterocycles. The molecule has 0 aliphatic rings. The van der Waals surface area contributed by atoms with Crippen LogP contribution in [0.1, 0.15) is 32.8 Å².